The third-order valence-electron chi connectivity index (χ3n) is 6.84. The smallest absolute Gasteiger partial charge is 0.254 e. The molecule has 40 heavy (non-hydrogen) atoms. The third kappa shape index (κ3) is 7.05. The zero-order chi connectivity index (χ0) is 28.6. The molecule has 2 aromatic carbocycles. The highest BCUT2D eigenvalue weighted by molar-refractivity contribution is 5.94. The van der Waals surface area contributed by atoms with E-state index >= 15 is 0 Å². The quantitative estimate of drug-likeness (QED) is 0.505. The molecule has 212 valence electrons. The minimum Gasteiger partial charge on any atom is -0.494 e. The number of amides is 3. The van der Waals surface area contributed by atoms with E-state index in [-0.39, 0.29) is 30.1 Å². The minimum atomic E-state index is -0.722. The molecule has 0 radical (unpaired) electrons. The molecule has 0 spiro atoms. The summed E-state index contributed by atoms with van der Waals surface area (Å²) in [7, 11) is 0. The van der Waals surface area contributed by atoms with Crippen molar-refractivity contribution in [1.29, 1.82) is 0 Å². The Morgan fingerprint density at radius 2 is 1.82 bits per heavy atom. The highest BCUT2D eigenvalue weighted by Crippen LogP contribution is 2.25. The van der Waals surface area contributed by atoms with Crippen LogP contribution in [0.4, 0.5) is 0 Å². The number of carbonyl (C=O) groups excluding carboxylic acids is 3. The van der Waals surface area contributed by atoms with Gasteiger partial charge < -0.3 is 20.3 Å². The summed E-state index contributed by atoms with van der Waals surface area (Å²) < 4.78 is 7.39. The first kappa shape index (κ1) is 28.8. The highest BCUT2D eigenvalue weighted by atomic mass is 16.5. The number of benzene rings is 2. The zero-order valence-electron chi connectivity index (χ0n) is 23.6. The second-order valence-corrected chi connectivity index (χ2v) is 10.3. The van der Waals surface area contributed by atoms with Gasteiger partial charge in [0.05, 0.1) is 19.2 Å². The maximum absolute atomic E-state index is 13.7. The number of carbonyl (C=O) groups is 3. The number of rotatable bonds is 5. The Labute approximate surface area is 235 Å². The number of nitrogens with one attached hydrogen (secondary N) is 2. The van der Waals surface area contributed by atoms with Crippen molar-refractivity contribution >= 4 is 17.7 Å². The highest BCUT2D eigenvalue weighted by Gasteiger charge is 2.29. The largest absolute Gasteiger partial charge is 0.494 e. The second-order valence-electron chi connectivity index (χ2n) is 10.3. The van der Waals surface area contributed by atoms with Gasteiger partial charge in [-0.3, -0.25) is 14.4 Å². The van der Waals surface area contributed by atoms with Gasteiger partial charge in [-0.25, -0.2) is 9.67 Å². The molecule has 10 nitrogen and oxygen atoms in total. The lowest BCUT2D eigenvalue weighted by Gasteiger charge is -2.27. The Bertz CT molecular complexity index is 1320. The molecular weight excluding hydrogens is 508 g/mol. The standard InChI is InChI=1S/C30H38N6O4/c1-5-40-24-14-9-13-23(19-24)30(39)35-16-10-15-25(37)31-21(4)29(38)32-26(20(2)3)28-33-27(34-36(28)18-17-35)22-11-7-6-8-12-22/h6-9,11-14,19-21,26H,5,10,15-18H2,1-4H3,(H,31,37)(H,32,38)/t21-,26+/m1/s1. The van der Waals surface area contributed by atoms with E-state index < -0.39 is 12.1 Å². The van der Waals surface area contributed by atoms with Crippen molar-refractivity contribution in [3.8, 4) is 17.1 Å². The first-order valence-corrected chi connectivity index (χ1v) is 13.9. The van der Waals surface area contributed by atoms with Gasteiger partial charge in [-0.05, 0) is 44.4 Å². The molecule has 10 heteroatoms. The van der Waals surface area contributed by atoms with Crippen molar-refractivity contribution in [1.82, 2.24) is 30.3 Å². The van der Waals surface area contributed by atoms with Crippen molar-refractivity contribution in [2.75, 3.05) is 19.7 Å². The Hall–Kier alpha value is -4.21. The van der Waals surface area contributed by atoms with Gasteiger partial charge in [0.25, 0.3) is 5.91 Å². The number of hydrogen-bond acceptors (Lipinski definition) is 6. The Balaban J connectivity index is 1.71. The number of fused-ring (bicyclic) bond motifs is 1. The van der Waals surface area contributed by atoms with Gasteiger partial charge >= 0.3 is 0 Å². The van der Waals surface area contributed by atoms with Gasteiger partial charge in [-0.2, -0.15) is 5.10 Å². The lowest BCUT2D eigenvalue weighted by molar-refractivity contribution is -0.129. The summed E-state index contributed by atoms with van der Waals surface area (Å²) in [4.78, 5) is 45.9. The van der Waals surface area contributed by atoms with Crippen LogP contribution in [0, 0.1) is 5.92 Å². The van der Waals surface area contributed by atoms with Crippen molar-refractivity contribution in [2.24, 2.45) is 5.92 Å². The molecule has 0 saturated heterocycles. The molecule has 1 aliphatic rings. The Morgan fingerprint density at radius 3 is 2.55 bits per heavy atom. The van der Waals surface area contributed by atoms with Crippen LogP contribution in [0.3, 0.4) is 0 Å². The summed E-state index contributed by atoms with van der Waals surface area (Å²) in [6, 6.07) is 15.6. The van der Waals surface area contributed by atoms with E-state index in [0.717, 1.165) is 5.56 Å². The number of aromatic nitrogens is 3. The molecule has 0 aliphatic carbocycles. The van der Waals surface area contributed by atoms with Crippen molar-refractivity contribution in [3.05, 3.63) is 66.0 Å². The molecule has 4 rings (SSSR count). The maximum atomic E-state index is 13.7. The topological polar surface area (TPSA) is 118 Å². The summed E-state index contributed by atoms with van der Waals surface area (Å²) in [5, 5.41) is 10.7. The zero-order valence-corrected chi connectivity index (χ0v) is 23.6. The van der Waals surface area contributed by atoms with E-state index in [2.05, 4.69) is 10.6 Å². The SMILES string of the molecule is CCOc1cccc(C(=O)N2CCCC(=O)N[C@H](C)C(=O)N[C@@H](C(C)C)c3nc(-c4ccccc4)nn3CC2)c1. The second kappa shape index (κ2) is 13.2. The molecule has 0 unspecified atom stereocenters. The van der Waals surface area contributed by atoms with Crippen LogP contribution in [-0.2, 0) is 16.1 Å². The minimum absolute atomic E-state index is 0.00892. The molecule has 1 aliphatic heterocycles. The predicted molar refractivity (Wildman–Crippen MR) is 152 cm³/mol. The van der Waals surface area contributed by atoms with E-state index in [4.69, 9.17) is 14.8 Å². The van der Waals surface area contributed by atoms with Crippen LogP contribution in [0.15, 0.2) is 54.6 Å². The van der Waals surface area contributed by atoms with E-state index in [1.807, 2.05) is 57.2 Å². The monoisotopic (exact) mass is 546 g/mol. The molecule has 0 saturated carbocycles. The fourth-order valence-corrected chi connectivity index (χ4v) is 4.67. The maximum Gasteiger partial charge on any atom is 0.254 e. The van der Waals surface area contributed by atoms with Crippen LogP contribution in [-0.4, -0.2) is 63.1 Å². The summed E-state index contributed by atoms with van der Waals surface area (Å²) in [6.07, 6.45) is 0.645. The van der Waals surface area contributed by atoms with Gasteiger partial charge in [0.2, 0.25) is 11.8 Å². The fraction of sp³-hybridized carbons (Fsp3) is 0.433. The van der Waals surface area contributed by atoms with E-state index in [9.17, 15) is 14.4 Å². The third-order valence-corrected chi connectivity index (χ3v) is 6.84. The summed E-state index contributed by atoms with van der Waals surface area (Å²) >= 11 is 0. The number of ether oxygens (including phenoxy) is 1. The van der Waals surface area contributed by atoms with Crippen LogP contribution in [0.2, 0.25) is 0 Å². The summed E-state index contributed by atoms with van der Waals surface area (Å²) in [6.45, 7) is 9.15. The van der Waals surface area contributed by atoms with E-state index in [0.29, 0.717) is 55.6 Å². The van der Waals surface area contributed by atoms with Gasteiger partial charge in [-0.1, -0.05) is 50.2 Å². The average Bonchev–Trinajstić information content (AvgIpc) is 3.37. The van der Waals surface area contributed by atoms with Crippen LogP contribution in [0.5, 0.6) is 5.75 Å². The summed E-state index contributed by atoms with van der Waals surface area (Å²) in [5.74, 6) is 1.09. The normalized spacial score (nSPS) is 18.9. The van der Waals surface area contributed by atoms with Crippen LogP contribution >= 0.6 is 0 Å². The van der Waals surface area contributed by atoms with E-state index in [1.54, 1.807) is 34.7 Å². The molecule has 0 fully saturated rings. The molecule has 1 aromatic heterocycles. The van der Waals surface area contributed by atoms with Gasteiger partial charge in [0, 0.05) is 30.6 Å². The molecule has 3 aromatic rings. The van der Waals surface area contributed by atoms with Crippen LogP contribution in [0.1, 0.15) is 62.8 Å². The van der Waals surface area contributed by atoms with Gasteiger partial charge in [0.15, 0.2) is 11.6 Å². The number of nitrogens with zero attached hydrogens (tertiary/aromatic N) is 4. The average molecular weight is 547 g/mol. The Morgan fingerprint density at radius 1 is 1.05 bits per heavy atom. The van der Waals surface area contributed by atoms with Crippen molar-refractivity contribution in [3.63, 3.8) is 0 Å². The van der Waals surface area contributed by atoms with Crippen molar-refractivity contribution in [2.45, 2.75) is 59.2 Å². The molecule has 0 bridgehead atoms. The Kier molecular flexibility index (Phi) is 9.52. The first-order valence-electron chi connectivity index (χ1n) is 13.9. The van der Waals surface area contributed by atoms with E-state index in [1.165, 1.54) is 0 Å². The molecule has 2 heterocycles. The predicted octanol–water partition coefficient (Wildman–Crippen LogP) is 3.60. The lowest BCUT2D eigenvalue weighted by atomic mass is 10.0. The molecule has 3 amide bonds. The molecule has 2 atom stereocenters. The fourth-order valence-electron chi connectivity index (χ4n) is 4.67. The summed E-state index contributed by atoms with van der Waals surface area (Å²) in [5.41, 5.74) is 1.37. The van der Waals surface area contributed by atoms with Crippen molar-refractivity contribution < 1.29 is 19.1 Å². The van der Waals surface area contributed by atoms with Gasteiger partial charge in [-0.15, -0.1) is 0 Å². The van der Waals surface area contributed by atoms with Gasteiger partial charge in [0.1, 0.15) is 11.8 Å². The number of hydrogen-bond donors (Lipinski definition) is 2. The first-order chi connectivity index (χ1) is 19.3. The van der Waals surface area contributed by atoms with Crippen LogP contribution in [0.25, 0.3) is 11.4 Å². The van der Waals surface area contributed by atoms with Crippen LogP contribution < -0.4 is 15.4 Å². The molecule has 2 N–H and O–H groups in total. The molecular formula is C30H38N6O4. The lowest BCUT2D eigenvalue weighted by Crippen LogP contribution is -2.47.